The van der Waals surface area contributed by atoms with Crippen molar-refractivity contribution in [2.75, 3.05) is 96.0 Å². The van der Waals surface area contributed by atoms with E-state index in [1.54, 1.807) is 34.1 Å². The number of methoxy groups -OCH3 is 2. The molecule has 0 spiro atoms. The van der Waals surface area contributed by atoms with E-state index in [2.05, 4.69) is 25.7 Å². The standard InChI is InChI=1S/C43H54N6O8/c1-31-39(41(50)51)43(33-12-9-13-34(30-33)49(54)55,18-10-19-44-22-26-46(27-23-44)35-14-5-7-16-37(35)56-3)40(42(52)53)32(2)48(31)21-11-20-45-24-28-47(29-25-45)36-15-6-8-17-38(36)57-4/h5-9,12-17,30H,10-11,18-29H2,1-4H3,(H,50,51)(H,52,53). The van der Waals surface area contributed by atoms with Crippen molar-refractivity contribution in [2.24, 2.45) is 0 Å². The third-order valence-corrected chi connectivity index (χ3v) is 11.8. The number of nitro benzene ring substituents is 1. The molecule has 0 bridgehead atoms. The summed E-state index contributed by atoms with van der Waals surface area (Å²) in [6.45, 7) is 11.6. The van der Waals surface area contributed by atoms with Crippen LogP contribution in [-0.4, -0.2) is 128 Å². The van der Waals surface area contributed by atoms with Crippen LogP contribution in [0.2, 0.25) is 0 Å². The van der Waals surface area contributed by atoms with Crippen molar-refractivity contribution < 1.29 is 34.2 Å². The number of para-hydroxylation sites is 4. The van der Waals surface area contributed by atoms with Gasteiger partial charge in [-0.3, -0.25) is 19.9 Å². The number of hydrogen-bond acceptors (Lipinski definition) is 11. The minimum Gasteiger partial charge on any atom is -0.495 e. The summed E-state index contributed by atoms with van der Waals surface area (Å²) in [6, 6.07) is 21.7. The lowest BCUT2D eigenvalue weighted by Gasteiger charge is -2.45. The number of hydrogen-bond donors (Lipinski definition) is 2. The first kappa shape index (κ1) is 41.0. The molecular weight excluding hydrogens is 729 g/mol. The fraction of sp³-hybridized carbons (Fsp3) is 0.442. The van der Waals surface area contributed by atoms with Crippen LogP contribution < -0.4 is 19.3 Å². The SMILES string of the molecule is COc1ccccc1N1CCN(CCCN2C(C)=C(C(=O)O)C(CCCN3CCN(c4ccccc4OC)CC3)(c3cccc([N+](=O)[O-])c3)C(C(=O)O)=C2C)CC1. The van der Waals surface area contributed by atoms with Gasteiger partial charge in [0.25, 0.3) is 5.69 Å². The van der Waals surface area contributed by atoms with Crippen molar-refractivity contribution in [1.82, 2.24) is 14.7 Å². The summed E-state index contributed by atoms with van der Waals surface area (Å²) in [6.07, 6.45) is 1.28. The van der Waals surface area contributed by atoms with Gasteiger partial charge in [-0.15, -0.1) is 0 Å². The number of ether oxygens (including phenoxy) is 2. The summed E-state index contributed by atoms with van der Waals surface area (Å²) >= 11 is 0. The Bertz CT molecular complexity index is 1960. The Morgan fingerprint density at radius 1 is 0.684 bits per heavy atom. The van der Waals surface area contributed by atoms with Crippen LogP contribution in [0, 0.1) is 10.1 Å². The molecule has 57 heavy (non-hydrogen) atoms. The average Bonchev–Trinajstić information content (AvgIpc) is 3.22. The summed E-state index contributed by atoms with van der Waals surface area (Å²) < 4.78 is 11.1. The van der Waals surface area contributed by atoms with Gasteiger partial charge in [-0.05, 0) is 76.0 Å². The van der Waals surface area contributed by atoms with Crippen LogP contribution in [0.1, 0.15) is 38.7 Å². The first-order chi connectivity index (χ1) is 27.5. The third-order valence-electron chi connectivity index (χ3n) is 11.8. The smallest absolute Gasteiger partial charge is 0.334 e. The van der Waals surface area contributed by atoms with Crippen molar-refractivity contribution in [3.63, 3.8) is 0 Å². The van der Waals surface area contributed by atoms with Gasteiger partial charge in [0.05, 0.1) is 47.1 Å². The van der Waals surface area contributed by atoms with E-state index in [1.165, 1.54) is 18.2 Å². The fourth-order valence-corrected chi connectivity index (χ4v) is 9.07. The molecule has 0 radical (unpaired) electrons. The number of non-ortho nitro benzene ring substituents is 1. The largest absolute Gasteiger partial charge is 0.495 e. The molecule has 0 aromatic heterocycles. The van der Waals surface area contributed by atoms with Gasteiger partial charge in [0.15, 0.2) is 0 Å². The van der Waals surface area contributed by atoms with Crippen LogP contribution in [0.25, 0.3) is 0 Å². The second kappa shape index (κ2) is 18.1. The number of piperazine rings is 2. The predicted octanol–water partition coefficient (Wildman–Crippen LogP) is 5.70. The highest BCUT2D eigenvalue weighted by atomic mass is 16.6. The van der Waals surface area contributed by atoms with Gasteiger partial charge >= 0.3 is 11.9 Å². The Morgan fingerprint density at radius 3 is 1.61 bits per heavy atom. The number of benzene rings is 3. The lowest BCUT2D eigenvalue weighted by atomic mass is 9.63. The summed E-state index contributed by atoms with van der Waals surface area (Å²) in [5, 5.41) is 34.1. The fourth-order valence-electron chi connectivity index (χ4n) is 9.07. The van der Waals surface area contributed by atoms with Gasteiger partial charge in [0, 0.05) is 82.4 Å². The highest BCUT2D eigenvalue weighted by molar-refractivity contribution is 6.00. The Kier molecular flexibility index (Phi) is 13.0. The van der Waals surface area contributed by atoms with Gasteiger partial charge in [-0.2, -0.15) is 0 Å². The monoisotopic (exact) mass is 782 g/mol. The van der Waals surface area contributed by atoms with Crippen LogP contribution in [0.5, 0.6) is 11.5 Å². The number of rotatable bonds is 16. The van der Waals surface area contributed by atoms with Crippen molar-refractivity contribution in [2.45, 2.75) is 38.5 Å². The van der Waals surface area contributed by atoms with Crippen molar-refractivity contribution >= 4 is 29.0 Å². The zero-order chi connectivity index (χ0) is 40.7. The summed E-state index contributed by atoms with van der Waals surface area (Å²) in [5.41, 5.74) is 1.30. The number of anilines is 2. The number of allylic oxidation sites excluding steroid dienone is 2. The van der Waals surface area contributed by atoms with Gasteiger partial charge in [-0.1, -0.05) is 36.4 Å². The molecule has 3 aliphatic heterocycles. The first-order valence-corrected chi connectivity index (χ1v) is 19.6. The molecule has 0 unspecified atom stereocenters. The normalized spacial score (nSPS) is 17.9. The Hall–Kier alpha value is -5.60. The van der Waals surface area contributed by atoms with Crippen LogP contribution in [0.3, 0.4) is 0 Å². The first-order valence-electron chi connectivity index (χ1n) is 19.6. The van der Waals surface area contributed by atoms with Gasteiger partial charge in [-0.25, -0.2) is 9.59 Å². The third kappa shape index (κ3) is 8.57. The van der Waals surface area contributed by atoms with E-state index in [0.717, 1.165) is 81.8 Å². The topological polar surface area (TPSA) is 152 Å². The number of carboxylic acid groups (broad SMARTS) is 2. The lowest BCUT2D eigenvalue weighted by molar-refractivity contribution is -0.385. The summed E-state index contributed by atoms with van der Waals surface area (Å²) in [7, 11) is 3.34. The van der Waals surface area contributed by atoms with Crippen molar-refractivity contribution in [3.05, 3.63) is 111 Å². The molecule has 2 saturated heterocycles. The quantitative estimate of drug-likeness (QED) is 0.135. The van der Waals surface area contributed by atoms with E-state index >= 15 is 0 Å². The predicted molar refractivity (Wildman–Crippen MR) is 219 cm³/mol. The summed E-state index contributed by atoms with van der Waals surface area (Å²) in [4.78, 5) is 49.6. The number of nitrogens with zero attached hydrogens (tertiary/aromatic N) is 6. The molecule has 14 nitrogen and oxygen atoms in total. The lowest BCUT2D eigenvalue weighted by Crippen LogP contribution is -2.49. The van der Waals surface area contributed by atoms with Crippen LogP contribution >= 0.6 is 0 Å². The molecule has 3 heterocycles. The van der Waals surface area contributed by atoms with E-state index in [0.29, 0.717) is 42.9 Å². The van der Waals surface area contributed by atoms with E-state index in [-0.39, 0.29) is 23.3 Å². The molecule has 2 N–H and O–H groups in total. The molecule has 3 aliphatic rings. The van der Waals surface area contributed by atoms with E-state index in [1.807, 2.05) is 47.4 Å². The zero-order valence-electron chi connectivity index (χ0n) is 33.4. The molecular formula is C43H54N6O8. The molecule has 3 aromatic carbocycles. The second-order valence-electron chi connectivity index (χ2n) is 14.9. The molecule has 2 fully saturated rings. The molecule has 0 amide bonds. The maximum absolute atomic E-state index is 13.5. The molecule has 3 aromatic rings. The van der Waals surface area contributed by atoms with E-state index < -0.39 is 22.3 Å². The second-order valence-corrected chi connectivity index (χ2v) is 14.9. The van der Waals surface area contributed by atoms with Gasteiger partial charge in [0.2, 0.25) is 0 Å². The Labute approximate surface area is 334 Å². The van der Waals surface area contributed by atoms with Crippen LogP contribution in [0.15, 0.2) is 95.3 Å². The highest BCUT2D eigenvalue weighted by Crippen LogP contribution is 2.51. The number of carbonyl (C=O) groups is 2. The Morgan fingerprint density at radius 2 is 1.16 bits per heavy atom. The highest BCUT2D eigenvalue weighted by Gasteiger charge is 2.52. The van der Waals surface area contributed by atoms with Gasteiger partial charge in [0.1, 0.15) is 11.5 Å². The van der Waals surface area contributed by atoms with Crippen molar-refractivity contribution in [3.8, 4) is 11.5 Å². The number of nitro groups is 1. The van der Waals surface area contributed by atoms with Crippen LogP contribution in [0.4, 0.5) is 17.1 Å². The minimum atomic E-state index is -1.64. The van der Waals surface area contributed by atoms with Crippen molar-refractivity contribution in [1.29, 1.82) is 0 Å². The molecule has 0 aliphatic carbocycles. The number of aliphatic carboxylic acids is 2. The maximum atomic E-state index is 13.5. The molecule has 304 valence electrons. The Balaban J connectivity index is 1.22. The summed E-state index contributed by atoms with van der Waals surface area (Å²) in [5.74, 6) is -0.833. The van der Waals surface area contributed by atoms with E-state index in [9.17, 15) is 29.9 Å². The van der Waals surface area contributed by atoms with E-state index in [4.69, 9.17) is 9.47 Å². The molecule has 14 heteroatoms. The number of carboxylic acids is 2. The molecule has 6 rings (SSSR count). The minimum absolute atomic E-state index is 0.0580. The average molecular weight is 783 g/mol. The molecule has 0 saturated carbocycles. The van der Waals surface area contributed by atoms with Crippen LogP contribution in [-0.2, 0) is 15.0 Å². The molecule has 0 atom stereocenters. The maximum Gasteiger partial charge on any atom is 0.334 e. The van der Waals surface area contributed by atoms with Gasteiger partial charge < -0.3 is 34.4 Å². The zero-order valence-corrected chi connectivity index (χ0v) is 33.4.